The predicted molar refractivity (Wildman–Crippen MR) is 80.5 cm³/mol. The van der Waals surface area contributed by atoms with E-state index in [2.05, 4.69) is 4.98 Å². The van der Waals surface area contributed by atoms with Gasteiger partial charge < -0.3 is 9.84 Å². The van der Waals surface area contributed by atoms with Gasteiger partial charge in [0.15, 0.2) is 5.69 Å². The minimum atomic E-state index is -0.991. The van der Waals surface area contributed by atoms with E-state index in [9.17, 15) is 9.90 Å². The Morgan fingerprint density at radius 3 is 2.80 bits per heavy atom. The molecule has 0 radical (unpaired) electrons. The fourth-order valence-corrected chi connectivity index (χ4v) is 4.10. The van der Waals surface area contributed by atoms with Crippen LogP contribution in [0.25, 0.3) is 10.4 Å². The quantitative estimate of drug-likeness (QED) is 0.942. The highest BCUT2D eigenvalue weighted by Gasteiger charge is 2.25. The Morgan fingerprint density at radius 1 is 1.35 bits per heavy atom. The maximum Gasteiger partial charge on any atom is 0.356 e. The average Bonchev–Trinajstić information content (AvgIpc) is 2.94. The van der Waals surface area contributed by atoms with Gasteiger partial charge in [-0.15, -0.1) is 11.3 Å². The fraction of sp³-hybridized carbons (Fsp3) is 0.286. The molecule has 20 heavy (non-hydrogen) atoms. The van der Waals surface area contributed by atoms with Gasteiger partial charge in [0.1, 0.15) is 11.1 Å². The zero-order valence-corrected chi connectivity index (χ0v) is 12.2. The number of thioether (sulfide) groups is 1. The molecule has 1 atom stereocenters. The molecule has 4 nitrogen and oxygen atoms in total. The third-order valence-corrected chi connectivity index (χ3v) is 5.16. The van der Waals surface area contributed by atoms with Crippen LogP contribution in [0, 0.1) is 0 Å². The van der Waals surface area contributed by atoms with Crippen molar-refractivity contribution in [1.29, 1.82) is 0 Å². The van der Waals surface area contributed by atoms with E-state index in [4.69, 9.17) is 4.74 Å². The summed E-state index contributed by atoms with van der Waals surface area (Å²) in [6.45, 7) is 0.692. The molecule has 1 saturated heterocycles. The Hall–Kier alpha value is -1.37. The number of ether oxygens (including phenoxy) is 1. The Balaban J connectivity index is 2.00. The first-order valence-corrected chi connectivity index (χ1v) is 8.21. The minimum absolute atomic E-state index is 0.0886. The summed E-state index contributed by atoms with van der Waals surface area (Å²) < 4.78 is 5.68. The molecule has 0 bridgehead atoms. The normalized spacial score (nSPS) is 18.9. The van der Waals surface area contributed by atoms with Crippen LogP contribution in [0.1, 0.15) is 21.6 Å². The van der Waals surface area contributed by atoms with Crippen LogP contribution in [0.4, 0.5) is 0 Å². The summed E-state index contributed by atoms with van der Waals surface area (Å²) in [5.74, 6) is 0.829. The summed E-state index contributed by atoms with van der Waals surface area (Å²) >= 11 is 3.23. The number of hydrogen-bond acceptors (Lipinski definition) is 5. The average molecular weight is 307 g/mol. The minimum Gasteiger partial charge on any atom is -0.476 e. The highest BCUT2D eigenvalue weighted by Crippen LogP contribution is 2.36. The van der Waals surface area contributed by atoms with E-state index in [1.54, 1.807) is 0 Å². The van der Waals surface area contributed by atoms with Gasteiger partial charge in [0.25, 0.3) is 0 Å². The second-order valence-electron chi connectivity index (χ2n) is 4.34. The van der Waals surface area contributed by atoms with Crippen molar-refractivity contribution in [3.8, 4) is 10.4 Å². The standard InChI is InChI=1S/C14H13NO3S2/c16-14(17)11-12(9-4-2-1-3-5-9)20-13(15-11)10-8-19-7-6-18-10/h1-5,10H,6-8H2,(H,16,17). The zero-order valence-electron chi connectivity index (χ0n) is 10.6. The molecule has 1 aromatic heterocycles. The molecule has 0 aliphatic carbocycles. The van der Waals surface area contributed by atoms with Crippen molar-refractivity contribution in [2.24, 2.45) is 0 Å². The van der Waals surface area contributed by atoms with Crippen molar-refractivity contribution < 1.29 is 14.6 Å². The number of carboxylic acid groups (broad SMARTS) is 1. The molecule has 1 aliphatic rings. The van der Waals surface area contributed by atoms with E-state index < -0.39 is 5.97 Å². The maximum absolute atomic E-state index is 11.4. The zero-order chi connectivity index (χ0) is 13.9. The molecule has 1 aliphatic heterocycles. The Labute approximate surface area is 124 Å². The summed E-state index contributed by atoms with van der Waals surface area (Å²) in [7, 11) is 0. The second-order valence-corrected chi connectivity index (χ2v) is 6.52. The number of rotatable bonds is 3. The van der Waals surface area contributed by atoms with Crippen molar-refractivity contribution in [3.63, 3.8) is 0 Å². The second kappa shape index (κ2) is 5.95. The van der Waals surface area contributed by atoms with Gasteiger partial charge in [-0.05, 0) is 5.56 Å². The van der Waals surface area contributed by atoms with Crippen molar-refractivity contribution in [2.45, 2.75) is 6.10 Å². The number of carboxylic acids is 1. The topological polar surface area (TPSA) is 59.4 Å². The highest BCUT2D eigenvalue weighted by atomic mass is 32.2. The lowest BCUT2D eigenvalue weighted by Gasteiger charge is -2.19. The number of hydrogen-bond donors (Lipinski definition) is 1. The molecule has 2 heterocycles. The van der Waals surface area contributed by atoms with Crippen LogP contribution in [0.3, 0.4) is 0 Å². The molecule has 1 fully saturated rings. The van der Waals surface area contributed by atoms with Gasteiger partial charge in [0.2, 0.25) is 0 Å². The summed E-state index contributed by atoms with van der Waals surface area (Å²) in [6, 6.07) is 9.51. The molecular weight excluding hydrogens is 294 g/mol. The molecule has 6 heteroatoms. The van der Waals surface area contributed by atoms with E-state index >= 15 is 0 Å². The highest BCUT2D eigenvalue weighted by molar-refractivity contribution is 7.99. The van der Waals surface area contributed by atoms with E-state index in [1.807, 2.05) is 42.1 Å². The Kier molecular flexibility index (Phi) is 4.05. The van der Waals surface area contributed by atoms with Crippen molar-refractivity contribution in [2.75, 3.05) is 18.1 Å². The monoisotopic (exact) mass is 307 g/mol. The van der Waals surface area contributed by atoms with E-state index in [0.29, 0.717) is 11.5 Å². The smallest absolute Gasteiger partial charge is 0.356 e. The van der Waals surface area contributed by atoms with Gasteiger partial charge in [0.05, 0.1) is 11.5 Å². The summed E-state index contributed by atoms with van der Waals surface area (Å²) in [5.41, 5.74) is 1.01. The first kappa shape index (κ1) is 13.6. The van der Waals surface area contributed by atoms with Crippen molar-refractivity contribution >= 4 is 29.1 Å². The molecule has 0 saturated carbocycles. The van der Waals surface area contributed by atoms with Gasteiger partial charge in [-0.1, -0.05) is 30.3 Å². The molecular formula is C14H13NO3S2. The van der Waals surface area contributed by atoms with Gasteiger partial charge in [0, 0.05) is 11.5 Å². The summed E-state index contributed by atoms with van der Waals surface area (Å²) in [6.07, 6.45) is -0.0886. The summed E-state index contributed by atoms with van der Waals surface area (Å²) in [4.78, 5) is 16.4. The number of aromatic nitrogens is 1. The van der Waals surface area contributed by atoms with Crippen LogP contribution in [-0.2, 0) is 4.74 Å². The SMILES string of the molecule is O=C(O)c1nc(C2CSCCO2)sc1-c1ccccc1. The van der Waals surface area contributed by atoms with Crippen LogP contribution in [0.5, 0.6) is 0 Å². The molecule has 3 rings (SSSR count). The van der Waals surface area contributed by atoms with Crippen LogP contribution < -0.4 is 0 Å². The van der Waals surface area contributed by atoms with Crippen LogP contribution in [-0.4, -0.2) is 34.2 Å². The first-order valence-electron chi connectivity index (χ1n) is 6.24. The molecule has 1 N–H and O–H groups in total. The number of benzene rings is 1. The Morgan fingerprint density at radius 2 is 2.15 bits per heavy atom. The van der Waals surface area contributed by atoms with Crippen molar-refractivity contribution in [3.05, 3.63) is 41.0 Å². The van der Waals surface area contributed by atoms with Gasteiger partial charge in [-0.25, -0.2) is 9.78 Å². The third kappa shape index (κ3) is 2.72. The number of carbonyl (C=O) groups is 1. The molecule has 1 aromatic carbocycles. The first-order chi connectivity index (χ1) is 9.75. The number of thiazole rings is 1. The fourth-order valence-electron chi connectivity index (χ4n) is 2.03. The van der Waals surface area contributed by atoms with Gasteiger partial charge in [-0.3, -0.25) is 0 Å². The maximum atomic E-state index is 11.4. The number of nitrogens with zero attached hydrogens (tertiary/aromatic N) is 1. The predicted octanol–water partition coefficient (Wildman–Crippen LogP) is 3.31. The Bertz CT molecular complexity index is 606. The lowest BCUT2D eigenvalue weighted by molar-refractivity contribution is 0.0683. The summed E-state index contributed by atoms with van der Waals surface area (Å²) in [5, 5.41) is 10.1. The molecule has 0 spiro atoms. The number of aromatic carboxylic acids is 1. The largest absolute Gasteiger partial charge is 0.476 e. The lowest BCUT2D eigenvalue weighted by Crippen LogP contribution is -2.15. The van der Waals surface area contributed by atoms with E-state index in [-0.39, 0.29) is 11.8 Å². The van der Waals surface area contributed by atoms with Crippen LogP contribution in [0.15, 0.2) is 30.3 Å². The van der Waals surface area contributed by atoms with Gasteiger partial charge >= 0.3 is 5.97 Å². The van der Waals surface area contributed by atoms with Crippen molar-refractivity contribution in [1.82, 2.24) is 4.98 Å². The molecule has 0 amide bonds. The molecule has 1 unspecified atom stereocenters. The third-order valence-electron chi connectivity index (χ3n) is 2.97. The molecule has 104 valence electrons. The van der Waals surface area contributed by atoms with E-state index in [1.165, 1.54) is 11.3 Å². The van der Waals surface area contributed by atoms with Gasteiger partial charge in [-0.2, -0.15) is 11.8 Å². The van der Waals surface area contributed by atoms with Crippen LogP contribution >= 0.6 is 23.1 Å². The lowest BCUT2D eigenvalue weighted by atomic mass is 10.1. The van der Waals surface area contributed by atoms with E-state index in [0.717, 1.165) is 22.1 Å². The molecule has 2 aromatic rings. The van der Waals surface area contributed by atoms with Crippen LogP contribution in [0.2, 0.25) is 0 Å².